The number of hydrogen-bond acceptors (Lipinski definition) is 8. The Morgan fingerprint density at radius 1 is 0.862 bits per heavy atom. The van der Waals surface area contributed by atoms with Crippen molar-refractivity contribution in [2.75, 3.05) is 14.2 Å². The van der Waals surface area contributed by atoms with Crippen LogP contribution in [0.3, 0.4) is 0 Å². The molecule has 0 aromatic heterocycles. The van der Waals surface area contributed by atoms with E-state index in [1.54, 1.807) is 6.07 Å². The van der Waals surface area contributed by atoms with E-state index in [2.05, 4.69) is 0 Å². The van der Waals surface area contributed by atoms with Gasteiger partial charge in [-0.15, -0.1) is 0 Å². The van der Waals surface area contributed by atoms with Crippen molar-refractivity contribution in [2.24, 2.45) is 0 Å². The van der Waals surface area contributed by atoms with Crippen molar-refractivity contribution < 1.29 is 29.2 Å². The largest absolute Gasteiger partial charge is 0.504 e. The highest BCUT2D eigenvalue weighted by Crippen LogP contribution is 2.34. The number of nitrogens with zero attached hydrogens (tertiary/aromatic N) is 2. The van der Waals surface area contributed by atoms with Crippen LogP contribution in [0.25, 0.3) is 0 Å². The van der Waals surface area contributed by atoms with E-state index in [9.17, 15) is 20.2 Å². The van der Waals surface area contributed by atoms with Gasteiger partial charge in [-0.1, -0.05) is 0 Å². The quantitative estimate of drug-likeness (QED) is 0.556. The van der Waals surface area contributed by atoms with E-state index >= 15 is 0 Å². The van der Waals surface area contributed by atoms with Crippen LogP contribution in [-0.4, -0.2) is 35.3 Å². The van der Waals surface area contributed by atoms with Gasteiger partial charge in [0.25, 0.3) is 11.4 Å². The minimum absolute atomic E-state index is 0.0267. The van der Waals surface area contributed by atoms with Crippen LogP contribution in [0.4, 0.5) is 11.4 Å². The number of phenols is 1. The molecule has 2 aromatic rings. The van der Waals surface area contributed by atoms with Gasteiger partial charge in [0, 0.05) is 12.1 Å². The third-order valence-electron chi connectivity index (χ3n) is 4.33. The average Bonchev–Trinajstić information content (AvgIpc) is 3.21. The zero-order valence-electron chi connectivity index (χ0n) is 16.1. The minimum atomic E-state index is -0.584. The highest BCUT2D eigenvalue weighted by molar-refractivity contribution is 5.49. The minimum Gasteiger partial charge on any atom is -0.504 e. The molecule has 10 heteroatoms. The Labute approximate surface area is 166 Å². The molecule has 0 amide bonds. The van der Waals surface area contributed by atoms with Gasteiger partial charge >= 0.3 is 0 Å². The first-order valence-electron chi connectivity index (χ1n) is 8.86. The Bertz CT molecular complexity index is 865. The lowest BCUT2D eigenvalue weighted by molar-refractivity contribution is -0.385. The second-order valence-electron chi connectivity index (χ2n) is 6.23. The summed E-state index contributed by atoms with van der Waals surface area (Å²) in [6, 6.07) is 8.06. The van der Waals surface area contributed by atoms with Gasteiger partial charge in [0.2, 0.25) is 0 Å². The lowest BCUT2D eigenvalue weighted by atomic mass is 10.2. The molecule has 1 aliphatic rings. The van der Waals surface area contributed by atoms with E-state index in [4.69, 9.17) is 19.3 Å². The molecular weight excluding hydrogens is 384 g/mol. The van der Waals surface area contributed by atoms with Gasteiger partial charge in [0.15, 0.2) is 23.0 Å². The van der Waals surface area contributed by atoms with Gasteiger partial charge in [-0.05, 0) is 37.8 Å². The standard InChI is InChI=1S/C12H15NO4.C7H7NO4/c1-16-11-7-6-9(13(14)15)8-12(11)17-10-4-2-3-5-10;1-12-7-3-2-5(8(10)11)4-6(7)9/h6-8,10H,2-5H2,1H3;2-4,9H,1H3. The van der Waals surface area contributed by atoms with E-state index < -0.39 is 9.85 Å². The highest BCUT2D eigenvalue weighted by atomic mass is 16.6. The molecule has 0 aliphatic heterocycles. The van der Waals surface area contributed by atoms with Crippen LogP contribution in [0.1, 0.15) is 25.7 Å². The Balaban J connectivity index is 0.000000221. The summed E-state index contributed by atoms with van der Waals surface area (Å²) in [7, 11) is 2.91. The van der Waals surface area contributed by atoms with E-state index in [0.29, 0.717) is 11.5 Å². The number of hydrogen-bond donors (Lipinski definition) is 1. The van der Waals surface area contributed by atoms with Crippen LogP contribution >= 0.6 is 0 Å². The molecule has 29 heavy (non-hydrogen) atoms. The molecule has 1 fully saturated rings. The summed E-state index contributed by atoms with van der Waals surface area (Å²) in [5, 5.41) is 30.0. The third kappa shape index (κ3) is 5.96. The van der Waals surface area contributed by atoms with Gasteiger partial charge in [0.05, 0.1) is 42.3 Å². The Morgan fingerprint density at radius 3 is 1.86 bits per heavy atom. The van der Waals surface area contributed by atoms with Crippen molar-refractivity contribution >= 4 is 11.4 Å². The summed E-state index contributed by atoms with van der Waals surface area (Å²) in [6.07, 6.45) is 4.48. The first-order chi connectivity index (χ1) is 13.8. The van der Waals surface area contributed by atoms with Crippen molar-refractivity contribution in [3.63, 3.8) is 0 Å². The van der Waals surface area contributed by atoms with Crippen molar-refractivity contribution in [2.45, 2.75) is 31.8 Å². The molecular formula is C19H22N2O8. The average molecular weight is 406 g/mol. The van der Waals surface area contributed by atoms with Gasteiger partial charge in [-0.25, -0.2) is 0 Å². The zero-order chi connectivity index (χ0) is 21.4. The molecule has 0 unspecified atom stereocenters. The fraction of sp³-hybridized carbons (Fsp3) is 0.368. The molecule has 0 radical (unpaired) electrons. The first-order valence-corrected chi connectivity index (χ1v) is 8.86. The molecule has 3 rings (SSSR count). The first kappa shape index (κ1) is 21.7. The molecule has 0 bridgehead atoms. The molecule has 0 saturated heterocycles. The number of rotatable bonds is 6. The van der Waals surface area contributed by atoms with Crippen LogP contribution in [0.15, 0.2) is 36.4 Å². The van der Waals surface area contributed by atoms with Crippen LogP contribution < -0.4 is 14.2 Å². The molecule has 1 aliphatic carbocycles. The maximum Gasteiger partial charge on any atom is 0.273 e. The van der Waals surface area contributed by atoms with Crippen LogP contribution in [0.2, 0.25) is 0 Å². The lowest BCUT2D eigenvalue weighted by Crippen LogP contribution is -2.11. The van der Waals surface area contributed by atoms with Crippen LogP contribution in [0, 0.1) is 20.2 Å². The lowest BCUT2D eigenvalue weighted by Gasteiger charge is -2.15. The maximum atomic E-state index is 10.7. The van der Waals surface area contributed by atoms with Crippen LogP contribution in [-0.2, 0) is 0 Å². The molecule has 0 spiro atoms. The van der Waals surface area contributed by atoms with Crippen molar-refractivity contribution in [1.82, 2.24) is 0 Å². The SMILES string of the molecule is COc1ccc([N+](=O)[O-])cc1O.COc1ccc([N+](=O)[O-])cc1OC1CCCC1. The second-order valence-corrected chi connectivity index (χ2v) is 6.23. The van der Waals surface area contributed by atoms with Crippen LogP contribution in [0.5, 0.6) is 23.0 Å². The second kappa shape index (κ2) is 10.1. The zero-order valence-corrected chi connectivity index (χ0v) is 16.1. The molecule has 1 N–H and O–H groups in total. The molecule has 156 valence electrons. The topological polar surface area (TPSA) is 134 Å². The number of methoxy groups -OCH3 is 2. The Kier molecular flexibility index (Phi) is 7.58. The Hall–Kier alpha value is -3.56. The Morgan fingerprint density at radius 2 is 1.38 bits per heavy atom. The smallest absolute Gasteiger partial charge is 0.273 e. The number of non-ortho nitro benzene ring substituents is 2. The third-order valence-corrected chi connectivity index (χ3v) is 4.33. The number of aromatic hydroxyl groups is 1. The summed E-state index contributed by atoms with van der Waals surface area (Å²) in [5.41, 5.74) is -0.132. The molecule has 0 atom stereocenters. The van der Waals surface area contributed by atoms with Crippen molar-refractivity contribution in [3.05, 3.63) is 56.6 Å². The summed E-state index contributed by atoms with van der Waals surface area (Å²) in [5.74, 6) is 1.00. The predicted molar refractivity (Wildman–Crippen MR) is 104 cm³/mol. The fourth-order valence-electron chi connectivity index (χ4n) is 2.85. The number of benzene rings is 2. The summed E-state index contributed by atoms with van der Waals surface area (Å²) in [4.78, 5) is 19.9. The van der Waals surface area contributed by atoms with Gasteiger partial charge < -0.3 is 19.3 Å². The monoisotopic (exact) mass is 406 g/mol. The van der Waals surface area contributed by atoms with E-state index in [-0.39, 0.29) is 29.0 Å². The number of ether oxygens (including phenoxy) is 3. The normalized spacial score (nSPS) is 13.2. The maximum absolute atomic E-state index is 10.7. The van der Waals surface area contributed by atoms with Gasteiger partial charge in [-0.3, -0.25) is 20.2 Å². The van der Waals surface area contributed by atoms with E-state index in [1.807, 2.05) is 0 Å². The molecule has 10 nitrogen and oxygen atoms in total. The summed E-state index contributed by atoms with van der Waals surface area (Å²) in [6.45, 7) is 0. The summed E-state index contributed by atoms with van der Waals surface area (Å²) >= 11 is 0. The van der Waals surface area contributed by atoms with Gasteiger partial charge in [0.1, 0.15) is 0 Å². The van der Waals surface area contributed by atoms with E-state index in [1.165, 1.54) is 38.5 Å². The highest BCUT2D eigenvalue weighted by Gasteiger charge is 2.20. The number of nitro groups is 2. The summed E-state index contributed by atoms with van der Waals surface area (Å²) < 4.78 is 15.6. The molecule has 1 saturated carbocycles. The predicted octanol–water partition coefficient (Wildman–Crippen LogP) is 4.23. The van der Waals surface area contributed by atoms with Crippen molar-refractivity contribution in [3.8, 4) is 23.0 Å². The number of nitro benzene ring substituents is 2. The van der Waals surface area contributed by atoms with E-state index in [0.717, 1.165) is 31.7 Å². The molecule has 2 aromatic carbocycles. The molecule has 0 heterocycles. The van der Waals surface area contributed by atoms with Crippen molar-refractivity contribution in [1.29, 1.82) is 0 Å². The van der Waals surface area contributed by atoms with Gasteiger partial charge in [-0.2, -0.15) is 0 Å². The fourth-order valence-corrected chi connectivity index (χ4v) is 2.85. The number of phenolic OH excluding ortho intramolecular Hbond substituents is 1.